The quantitative estimate of drug-likeness (QED) is 0.678. The van der Waals surface area contributed by atoms with E-state index in [0.717, 1.165) is 28.2 Å². The van der Waals surface area contributed by atoms with Crippen LogP contribution >= 0.6 is 0 Å². The summed E-state index contributed by atoms with van der Waals surface area (Å²) in [4.78, 5) is 0. The molecule has 1 N–H and O–H groups in total. The average molecular weight is 384 g/mol. The molecule has 0 amide bonds. The Morgan fingerprint density at radius 2 is 1.93 bits per heavy atom. The molecule has 2 aromatic rings. The van der Waals surface area contributed by atoms with E-state index in [1.807, 2.05) is 56.3 Å². The molecule has 0 bridgehead atoms. The highest BCUT2D eigenvalue weighted by Crippen LogP contribution is 2.43. The van der Waals surface area contributed by atoms with Crippen molar-refractivity contribution in [1.29, 1.82) is 0 Å². The van der Waals surface area contributed by atoms with E-state index >= 15 is 0 Å². The van der Waals surface area contributed by atoms with Crippen LogP contribution in [0.4, 0.5) is 0 Å². The number of fused-ring (bicyclic) bond motifs is 1. The van der Waals surface area contributed by atoms with Crippen LogP contribution in [0.3, 0.4) is 0 Å². The van der Waals surface area contributed by atoms with Gasteiger partial charge in [-0.2, -0.15) is 0 Å². The number of hydrogen-bond acceptors (Lipinski definition) is 5. The summed E-state index contributed by atoms with van der Waals surface area (Å²) in [7, 11) is 1.65. The fourth-order valence-corrected chi connectivity index (χ4v) is 3.34. The van der Waals surface area contributed by atoms with Gasteiger partial charge >= 0.3 is 0 Å². The van der Waals surface area contributed by atoms with Crippen LogP contribution in [0.15, 0.2) is 55.1 Å². The van der Waals surface area contributed by atoms with Gasteiger partial charge < -0.3 is 24.1 Å². The molecule has 5 heteroatoms. The maximum absolute atomic E-state index is 10.1. The molecule has 0 saturated heterocycles. The number of benzene rings is 2. The Balaban J connectivity index is 1.75. The molecule has 1 heterocycles. The van der Waals surface area contributed by atoms with Crippen LogP contribution in [0.5, 0.6) is 11.5 Å². The summed E-state index contributed by atoms with van der Waals surface area (Å²) in [5, 5.41) is 10.1. The van der Waals surface area contributed by atoms with E-state index < -0.39 is 11.9 Å². The van der Waals surface area contributed by atoms with Gasteiger partial charge in [-0.1, -0.05) is 30.3 Å². The number of ether oxygens (including phenoxy) is 4. The number of rotatable bonds is 8. The number of hydrogen-bond donors (Lipinski definition) is 1. The Morgan fingerprint density at radius 1 is 1.18 bits per heavy atom. The van der Waals surface area contributed by atoms with E-state index in [-0.39, 0.29) is 6.10 Å². The predicted molar refractivity (Wildman–Crippen MR) is 107 cm³/mol. The second-order valence-electron chi connectivity index (χ2n) is 7.32. The Labute approximate surface area is 166 Å². The third-order valence-electron chi connectivity index (χ3n) is 4.67. The van der Waals surface area contributed by atoms with Crippen LogP contribution in [0.2, 0.25) is 0 Å². The van der Waals surface area contributed by atoms with E-state index in [0.29, 0.717) is 19.6 Å². The third-order valence-corrected chi connectivity index (χ3v) is 4.67. The highest BCUT2D eigenvalue weighted by atomic mass is 16.7. The fraction of sp³-hybridized carbons (Fsp3) is 0.391. The molecule has 1 aliphatic heterocycles. The third kappa shape index (κ3) is 4.93. The van der Waals surface area contributed by atoms with Gasteiger partial charge in [0.25, 0.3) is 0 Å². The van der Waals surface area contributed by atoms with Crippen LogP contribution < -0.4 is 9.47 Å². The Hall–Kier alpha value is -2.34. The van der Waals surface area contributed by atoms with Crippen molar-refractivity contribution in [3.8, 4) is 11.5 Å². The van der Waals surface area contributed by atoms with Crippen LogP contribution in [0, 0.1) is 0 Å². The first-order chi connectivity index (χ1) is 13.4. The summed E-state index contributed by atoms with van der Waals surface area (Å²) in [6.45, 7) is 8.31. The fourth-order valence-electron chi connectivity index (χ4n) is 3.34. The van der Waals surface area contributed by atoms with Crippen molar-refractivity contribution in [1.82, 2.24) is 0 Å². The molecule has 0 aliphatic carbocycles. The summed E-state index contributed by atoms with van der Waals surface area (Å²) < 4.78 is 23.2. The lowest BCUT2D eigenvalue weighted by Crippen LogP contribution is -2.39. The van der Waals surface area contributed by atoms with Gasteiger partial charge in [0.2, 0.25) is 5.79 Å². The molecule has 2 atom stereocenters. The lowest BCUT2D eigenvalue weighted by atomic mass is 9.95. The van der Waals surface area contributed by atoms with Gasteiger partial charge in [0.1, 0.15) is 11.5 Å². The molecule has 0 radical (unpaired) electrons. The van der Waals surface area contributed by atoms with Crippen LogP contribution in [-0.4, -0.2) is 24.1 Å². The molecule has 0 aromatic heterocycles. The molecular formula is C23H28O5. The molecule has 0 saturated carbocycles. The van der Waals surface area contributed by atoms with E-state index in [9.17, 15) is 5.11 Å². The Morgan fingerprint density at radius 3 is 2.61 bits per heavy atom. The molecule has 1 aliphatic rings. The standard InChI is InChI=1S/C23H28O5/c1-5-18(24)13-21-22-17(7-6-8-20(22)27-23(2,3)28-21)15-26-14-16-9-11-19(25-4)12-10-16/h5-12,18,21,24H,1,13-15H2,2-4H3. The first-order valence-corrected chi connectivity index (χ1v) is 9.42. The van der Waals surface area contributed by atoms with Gasteiger partial charge in [0, 0.05) is 25.8 Å². The number of aliphatic hydroxyl groups is 1. The lowest BCUT2D eigenvalue weighted by molar-refractivity contribution is -0.212. The molecule has 2 unspecified atom stereocenters. The smallest absolute Gasteiger partial charge is 0.205 e. The van der Waals surface area contributed by atoms with Crippen LogP contribution in [0.1, 0.15) is 43.1 Å². The molecular weight excluding hydrogens is 356 g/mol. The van der Waals surface area contributed by atoms with Crippen molar-refractivity contribution in [3.05, 3.63) is 71.8 Å². The normalized spacial score (nSPS) is 18.6. The van der Waals surface area contributed by atoms with Crippen molar-refractivity contribution < 1.29 is 24.1 Å². The van der Waals surface area contributed by atoms with Crippen molar-refractivity contribution in [2.45, 2.75) is 51.5 Å². The van der Waals surface area contributed by atoms with Gasteiger partial charge in [-0.15, -0.1) is 6.58 Å². The minimum absolute atomic E-state index is 0.299. The maximum atomic E-state index is 10.1. The van der Waals surface area contributed by atoms with Gasteiger partial charge in [0.15, 0.2) is 0 Å². The predicted octanol–water partition coefficient (Wildman–Crippen LogP) is 4.54. The molecule has 0 spiro atoms. The van der Waals surface area contributed by atoms with Gasteiger partial charge in [-0.25, -0.2) is 0 Å². The zero-order chi connectivity index (χ0) is 20.1. The van der Waals surface area contributed by atoms with E-state index in [4.69, 9.17) is 18.9 Å². The largest absolute Gasteiger partial charge is 0.497 e. The molecule has 0 fully saturated rings. The Kier molecular flexibility index (Phi) is 6.39. The first kappa shape index (κ1) is 20.4. The minimum atomic E-state index is -0.763. The second kappa shape index (κ2) is 8.78. The summed E-state index contributed by atoms with van der Waals surface area (Å²) in [6.07, 6.45) is 0.986. The van der Waals surface area contributed by atoms with Gasteiger partial charge in [-0.3, -0.25) is 0 Å². The first-order valence-electron chi connectivity index (χ1n) is 9.42. The SMILES string of the molecule is C=CC(O)CC1OC(C)(C)Oc2cccc(COCc3ccc(OC)cc3)c21. The van der Waals surface area contributed by atoms with Crippen molar-refractivity contribution in [2.75, 3.05) is 7.11 Å². The molecule has 5 nitrogen and oxygen atoms in total. The average Bonchev–Trinajstić information content (AvgIpc) is 2.67. The lowest BCUT2D eigenvalue weighted by Gasteiger charge is -2.39. The number of methoxy groups -OCH3 is 1. The minimum Gasteiger partial charge on any atom is -0.497 e. The highest BCUT2D eigenvalue weighted by molar-refractivity contribution is 5.43. The maximum Gasteiger partial charge on any atom is 0.205 e. The monoisotopic (exact) mass is 384 g/mol. The summed E-state index contributed by atoms with van der Waals surface area (Å²) in [5.74, 6) is 0.825. The molecule has 2 aromatic carbocycles. The molecule has 28 heavy (non-hydrogen) atoms. The number of aliphatic hydroxyl groups excluding tert-OH is 1. The van der Waals surface area contributed by atoms with Crippen molar-refractivity contribution >= 4 is 0 Å². The molecule has 3 rings (SSSR count). The van der Waals surface area contributed by atoms with Crippen molar-refractivity contribution in [3.63, 3.8) is 0 Å². The zero-order valence-electron chi connectivity index (χ0n) is 16.7. The van der Waals surface area contributed by atoms with Gasteiger partial charge in [0.05, 0.1) is 32.5 Å². The van der Waals surface area contributed by atoms with Crippen molar-refractivity contribution in [2.24, 2.45) is 0 Å². The summed E-state index contributed by atoms with van der Waals surface area (Å²) in [6, 6.07) is 13.7. The topological polar surface area (TPSA) is 57.2 Å². The highest BCUT2D eigenvalue weighted by Gasteiger charge is 2.36. The zero-order valence-corrected chi connectivity index (χ0v) is 16.7. The van der Waals surface area contributed by atoms with E-state index in [1.165, 1.54) is 6.08 Å². The van der Waals surface area contributed by atoms with E-state index in [1.54, 1.807) is 7.11 Å². The second-order valence-corrected chi connectivity index (χ2v) is 7.32. The van der Waals surface area contributed by atoms with E-state index in [2.05, 4.69) is 6.58 Å². The Bertz CT molecular complexity index is 797. The summed E-state index contributed by atoms with van der Waals surface area (Å²) >= 11 is 0. The van der Waals surface area contributed by atoms with Gasteiger partial charge in [-0.05, 0) is 29.3 Å². The van der Waals surface area contributed by atoms with Crippen LogP contribution in [-0.2, 0) is 22.7 Å². The summed E-state index contributed by atoms with van der Waals surface area (Å²) in [5.41, 5.74) is 2.98. The van der Waals surface area contributed by atoms with Crippen LogP contribution in [0.25, 0.3) is 0 Å². The molecule has 150 valence electrons.